The molecule has 1 aliphatic heterocycles. The predicted molar refractivity (Wildman–Crippen MR) is 102 cm³/mol. The number of nitrogens with one attached hydrogen (secondary N) is 3. The molecular formula is C19H25N5O3. The molecule has 1 atom stereocenters. The molecule has 1 aromatic carbocycles. The third-order valence-electron chi connectivity index (χ3n) is 4.78. The van der Waals surface area contributed by atoms with Crippen LogP contribution in [0.2, 0.25) is 0 Å². The summed E-state index contributed by atoms with van der Waals surface area (Å²) in [5.41, 5.74) is 1.17. The molecule has 0 unspecified atom stereocenters. The highest BCUT2D eigenvalue weighted by Gasteiger charge is 2.34. The van der Waals surface area contributed by atoms with E-state index in [0.717, 1.165) is 13.0 Å². The number of nitrogens with zero attached hydrogens (tertiary/aromatic N) is 2. The molecule has 1 saturated heterocycles. The molecule has 144 valence electrons. The van der Waals surface area contributed by atoms with Crippen molar-refractivity contribution in [2.24, 2.45) is 0 Å². The molecule has 3 N–H and O–H groups in total. The van der Waals surface area contributed by atoms with Crippen molar-refractivity contribution in [1.29, 1.82) is 0 Å². The smallest absolute Gasteiger partial charge is 0.318 e. The molecule has 1 aliphatic rings. The number of amides is 4. The zero-order chi connectivity index (χ0) is 19.2. The molecule has 8 heteroatoms. The van der Waals surface area contributed by atoms with Gasteiger partial charge in [-0.1, -0.05) is 18.2 Å². The lowest BCUT2D eigenvalue weighted by atomic mass is 10.1. The van der Waals surface area contributed by atoms with Crippen LogP contribution in [0, 0.1) is 0 Å². The van der Waals surface area contributed by atoms with E-state index in [1.165, 1.54) is 22.9 Å². The van der Waals surface area contributed by atoms with Gasteiger partial charge in [-0.15, -0.1) is 0 Å². The molecule has 0 aliphatic carbocycles. The first-order valence-electron chi connectivity index (χ1n) is 9.17. The number of fused-ring (bicyclic) bond motifs is 1. The molecule has 0 bridgehead atoms. The first-order chi connectivity index (χ1) is 13.1. The summed E-state index contributed by atoms with van der Waals surface area (Å²) in [6.07, 6.45) is 2.77. The lowest BCUT2D eigenvalue weighted by molar-refractivity contribution is -0.132. The van der Waals surface area contributed by atoms with Gasteiger partial charge < -0.3 is 25.4 Å². The van der Waals surface area contributed by atoms with E-state index in [2.05, 4.69) is 38.7 Å². The van der Waals surface area contributed by atoms with E-state index in [9.17, 15) is 14.4 Å². The van der Waals surface area contributed by atoms with E-state index < -0.39 is 6.04 Å². The van der Waals surface area contributed by atoms with Gasteiger partial charge in [0.2, 0.25) is 11.8 Å². The van der Waals surface area contributed by atoms with Gasteiger partial charge in [-0.25, -0.2) is 4.79 Å². The quantitative estimate of drug-likeness (QED) is 0.652. The Bertz CT molecular complexity index is 832. The van der Waals surface area contributed by atoms with Gasteiger partial charge in [-0.3, -0.25) is 9.59 Å². The Morgan fingerprint density at radius 3 is 2.89 bits per heavy atom. The molecule has 8 nitrogen and oxygen atoms in total. The van der Waals surface area contributed by atoms with Crippen LogP contribution in [-0.2, 0) is 16.1 Å². The summed E-state index contributed by atoms with van der Waals surface area (Å²) in [6.45, 7) is 2.07. The molecular weight excluding hydrogens is 346 g/mol. The number of aryl methyl sites for hydroxylation is 1. The van der Waals surface area contributed by atoms with Crippen LogP contribution in [0.15, 0.2) is 36.5 Å². The number of rotatable bonds is 6. The fraction of sp³-hybridized carbons (Fsp3) is 0.421. The summed E-state index contributed by atoms with van der Waals surface area (Å²) in [7, 11) is 1.51. The maximum atomic E-state index is 12.5. The standard InChI is InChI=1S/C19H25N5O3/c1-20-17(25)13-16-18(26)21-9-12-24(16)19(27)22-8-4-10-23-11-7-14-5-2-3-6-15(14)23/h2-3,5-7,11,16H,4,8-10,12-13H2,1H3,(H,20,25)(H,21,26)(H,22,27)/t16-/m1/s1. The third-order valence-corrected chi connectivity index (χ3v) is 4.78. The van der Waals surface area contributed by atoms with Crippen molar-refractivity contribution in [3.63, 3.8) is 0 Å². The number of carbonyl (C=O) groups is 3. The Kier molecular flexibility index (Phi) is 5.95. The topological polar surface area (TPSA) is 95.5 Å². The highest BCUT2D eigenvalue weighted by atomic mass is 16.2. The summed E-state index contributed by atoms with van der Waals surface area (Å²) in [6, 6.07) is 9.16. The van der Waals surface area contributed by atoms with Gasteiger partial charge in [0, 0.05) is 44.9 Å². The molecule has 0 spiro atoms. The zero-order valence-electron chi connectivity index (χ0n) is 15.4. The third kappa shape index (κ3) is 4.39. The Hall–Kier alpha value is -3.03. The van der Waals surface area contributed by atoms with E-state index >= 15 is 0 Å². The van der Waals surface area contributed by atoms with Gasteiger partial charge in [0.25, 0.3) is 0 Å². The van der Waals surface area contributed by atoms with Crippen molar-refractivity contribution in [3.05, 3.63) is 36.5 Å². The largest absolute Gasteiger partial charge is 0.359 e. The molecule has 0 radical (unpaired) electrons. The van der Waals surface area contributed by atoms with E-state index in [-0.39, 0.29) is 24.3 Å². The van der Waals surface area contributed by atoms with Crippen LogP contribution >= 0.6 is 0 Å². The van der Waals surface area contributed by atoms with Crippen LogP contribution in [-0.4, -0.2) is 60.0 Å². The molecule has 2 aromatic rings. The summed E-state index contributed by atoms with van der Waals surface area (Å²) < 4.78 is 2.16. The molecule has 4 amide bonds. The lowest BCUT2D eigenvalue weighted by Gasteiger charge is -2.34. The number of hydrogen-bond donors (Lipinski definition) is 3. The molecule has 1 aromatic heterocycles. The van der Waals surface area contributed by atoms with E-state index in [1.807, 2.05) is 18.3 Å². The normalized spacial score (nSPS) is 16.9. The van der Waals surface area contributed by atoms with Crippen LogP contribution < -0.4 is 16.0 Å². The van der Waals surface area contributed by atoms with Crippen molar-refractivity contribution < 1.29 is 14.4 Å². The van der Waals surface area contributed by atoms with Gasteiger partial charge >= 0.3 is 6.03 Å². The number of hydrogen-bond acceptors (Lipinski definition) is 3. The average Bonchev–Trinajstić information content (AvgIpc) is 3.09. The number of aromatic nitrogens is 1. The number of carbonyl (C=O) groups excluding carboxylic acids is 3. The fourth-order valence-electron chi connectivity index (χ4n) is 3.32. The second-order valence-electron chi connectivity index (χ2n) is 6.53. The zero-order valence-corrected chi connectivity index (χ0v) is 15.4. The number of benzene rings is 1. The molecule has 2 heterocycles. The fourth-order valence-corrected chi connectivity index (χ4v) is 3.32. The van der Waals surface area contributed by atoms with Gasteiger partial charge in [0.15, 0.2) is 0 Å². The van der Waals surface area contributed by atoms with Crippen molar-refractivity contribution in [2.45, 2.75) is 25.4 Å². The maximum absolute atomic E-state index is 12.5. The van der Waals surface area contributed by atoms with Crippen LogP contribution in [0.1, 0.15) is 12.8 Å². The molecule has 3 rings (SSSR count). The van der Waals surface area contributed by atoms with E-state index in [0.29, 0.717) is 19.6 Å². The first-order valence-corrected chi connectivity index (χ1v) is 9.17. The van der Waals surface area contributed by atoms with Crippen molar-refractivity contribution in [3.8, 4) is 0 Å². The second kappa shape index (κ2) is 8.57. The summed E-state index contributed by atoms with van der Waals surface area (Å²) >= 11 is 0. The summed E-state index contributed by atoms with van der Waals surface area (Å²) in [4.78, 5) is 37.6. The van der Waals surface area contributed by atoms with Gasteiger partial charge in [-0.2, -0.15) is 0 Å². The number of piperazine rings is 1. The van der Waals surface area contributed by atoms with E-state index in [1.54, 1.807) is 0 Å². The SMILES string of the molecule is CNC(=O)C[C@@H]1C(=O)NCCN1C(=O)NCCCn1ccc2ccccc21. The predicted octanol–water partition coefficient (Wildman–Crippen LogP) is 0.678. The Morgan fingerprint density at radius 2 is 2.07 bits per heavy atom. The number of para-hydroxylation sites is 1. The minimum Gasteiger partial charge on any atom is -0.359 e. The first kappa shape index (κ1) is 18.8. The molecule has 1 fully saturated rings. The van der Waals surface area contributed by atoms with Gasteiger partial charge in [0.1, 0.15) is 6.04 Å². The van der Waals surface area contributed by atoms with Gasteiger partial charge in [0.05, 0.1) is 6.42 Å². The number of urea groups is 1. The van der Waals surface area contributed by atoms with Crippen LogP contribution in [0.25, 0.3) is 10.9 Å². The summed E-state index contributed by atoms with van der Waals surface area (Å²) in [5.74, 6) is -0.562. The highest BCUT2D eigenvalue weighted by Crippen LogP contribution is 2.15. The Morgan fingerprint density at radius 1 is 1.26 bits per heavy atom. The molecule has 0 saturated carbocycles. The van der Waals surface area contributed by atoms with Crippen molar-refractivity contribution in [2.75, 3.05) is 26.7 Å². The monoisotopic (exact) mass is 371 g/mol. The average molecular weight is 371 g/mol. The lowest BCUT2D eigenvalue weighted by Crippen LogP contribution is -2.60. The maximum Gasteiger partial charge on any atom is 0.318 e. The van der Waals surface area contributed by atoms with Crippen LogP contribution in [0.5, 0.6) is 0 Å². The highest BCUT2D eigenvalue weighted by molar-refractivity contribution is 5.92. The van der Waals surface area contributed by atoms with Crippen LogP contribution in [0.3, 0.4) is 0 Å². The Labute approximate surface area is 157 Å². The second-order valence-corrected chi connectivity index (χ2v) is 6.53. The minimum atomic E-state index is -0.771. The minimum absolute atomic E-state index is 0.0366. The Balaban J connectivity index is 1.51. The molecule has 27 heavy (non-hydrogen) atoms. The van der Waals surface area contributed by atoms with Crippen molar-refractivity contribution in [1.82, 2.24) is 25.4 Å². The van der Waals surface area contributed by atoms with Crippen LogP contribution in [0.4, 0.5) is 4.79 Å². The summed E-state index contributed by atoms with van der Waals surface area (Å²) in [5, 5.41) is 9.26. The van der Waals surface area contributed by atoms with Gasteiger partial charge in [-0.05, 0) is 23.9 Å². The van der Waals surface area contributed by atoms with Crippen molar-refractivity contribution >= 4 is 28.7 Å². The van der Waals surface area contributed by atoms with E-state index in [4.69, 9.17) is 0 Å².